The number of hydrogen-bond donors (Lipinski definition) is 8. The average molecular weight is 631 g/mol. The summed E-state index contributed by atoms with van der Waals surface area (Å²) in [5.74, 6) is -3.00. The van der Waals surface area contributed by atoms with Gasteiger partial charge in [0.05, 0.1) is 0 Å². The van der Waals surface area contributed by atoms with Gasteiger partial charge in [-0.3, -0.25) is 19.6 Å². The van der Waals surface area contributed by atoms with Gasteiger partial charge in [-0.2, -0.15) is 0 Å². The second-order valence-electron chi connectivity index (χ2n) is 11.2. The van der Waals surface area contributed by atoms with Crippen molar-refractivity contribution in [1.29, 1.82) is 0 Å². The molecule has 0 radical (unpaired) electrons. The quantitative estimate of drug-likeness (QED) is 0.133. The highest BCUT2D eigenvalue weighted by Gasteiger charge is 2.59. The molecule has 0 atom stereocenters. The van der Waals surface area contributed by atoms with Crippen molar-refractivity contribution < 1.29 is 50.4 Å². The number of amides is 4. The molecule has 2 saturated heterocycles. The Morgan fingerprint density at radius 1 is 0.370 bits per heavy atom. The highest BCUT2D eigenvalue weighted by atomic mass is 16.3. The molecule has 4 amide bonds. The number of phenols is 8. The van der Waals surface area contributed by atoms with E-state index in [4.69, 9.17) is 0 Å². The predicted molar refractivity (Wildman–Crippen MR) is 160 cm³/mol. The summed E-state index contributed by atoms with van der Waals surface area (Å²) in [6.07, 6.45) is -1.91. The third kappa shape index (κ3) is 5.36. The van der Waals surface area contributed by atoms with E-state index in [0.29, 0.717) is 22.3 Å². The first kappa shape index (κ1) is 29.9. The zero-order valence-electron chi connectivity index (χ0n) is 24.1. The summed E-state index contributed by atoms with van der Waals surface area (Å²) in [5, 5.41) is 79.9. The lowest BCUT2D eigenvalue weighted by Crippen LogP contribution is -2.45. The molecule has 238 valence electrons. The summed E-state index contributed by atoms with van der Waals surface area (Å²) in [6.45, 7) is -0.375. The fourth-order valence-corrected chi connectivity index (χ4v) is 5.86. The molecule has 0 unspecified atom stereocenters. The summed E-state index contributed by atoms with van der Waals surface area (Å²) in [6, 6.07) is 15.4. The summed E-state index contributed by atoms with van der Waals surface area (Å²) < 4.78 is 0. The summed E-state index contributed by atoms with van der Waals surface area (Å²) in [5.41, 5.74) is 1.79. The normalized spacial score (nSPS) is 17.7. The summed E-state index contributed by atoms with van der Waals surface area (Å²) >= 11 is 0. The Hall–Kier alpha value is -6.18. The number of aromatic hydroxyl groups is 8. The van der Waals surface area contributed by atoms with Crippen molar-refractivity contribution in [2.75, 3.05) is 0 Å². The van der Waals surface area contributed by atoms with Gasteiger partial charge in [0.25, 0.3) is 0 Å². The molecule has 2 heterocycles. The monoisotopic (exact) mass is 630 g/mol. The van der Waals surface area contributed by atoms with Crippen LogP contribution in [0, 0.1) is 0 Å². The Balaban J connectivity index is 1.45. The third-order valence-electron chi connectivity index (χ3n) is 8.10. The van der Waals surface area contributed by atoms with E-state index in [1.807, 2.05) is 0 Å². The van der Waals surface area contributed by atoms with Crippen LogP contribution in [0.4, 0.5) is 9.59 Å². The molecule has 2 fully saturated rings. The Labute approximate surface area is 261 Å². The van der Waals surface area contributed by atoms with Crippen molar-refractivity contribution in [3.8, 4) is 46.0 Å². The minimum atomic E-state index is -0.955. The zero-order chi connectivity index (χ0) is 32.9. The average Bonchev–Trinajstić information content (AvgIpc) is 3.42. The van der Waals surface area contributed by atoms with E-state index < -0.39 is 47.4 Å². The fraction of sp³-hybridized carbons (Fsp3) is 0.188. The largest absolute Gasteiger partial charge is 0.504 e. The van der Waals surface area contributed by atoms with Crippen LogP contribution < -0.4 is 0 Å². The second-order valence-corrected chi connectivity index (χ2v) is 11.2. The number of phenolic OH excluding ortho intramolecular Hbond substituents is 8. The number of nitrogens with zero attached hydrogens (tertiary/aromatic N) is 4. The second kappa shape index (κ2) is 11.4. The Morgan fingerprint density at radius 3 is 0.783 bits per heavy atom. The maximum atomic E-state index is 14.2. The summed E-state index contributed by atoms with van der Waals surface area (Å²) in [7, 11) is 0. The molecule has 46 heavy (non-hydrogen) atoms. The molecule has 0 spiro atoms. The number of carbonyl (C=O) groups excluding carboxylic acids is 2. The van der Waals surface area contributed by atoms with Crippen LogP contribution in [0.5, 0.6) is 46.0 Å². The highest BCUT2D eigenvalue weighted by molar-refractivity contribution is 5.85. The van der Waals surface area contributed by atoms with Gasteiger partial charge in [0.15, 0.2) is 58.3 Å². The number of hydrogen-bond acceptors (Lipinski definition) is 10. The van der Waals surface area contributed by atoms with Crippen LogP contribution in [0.1, 0.15) is 22.3 Å². The lowest BCUT2D eigenvalue weighted by Gasteiger charge is -2.30. The van der Waals surface area contributed by atoms with Gasteiger partial charge in [-0.15, -0.1) is 0 Å². The topological polar surface area (TPSA) is 209 Å². The van der Waals surface area contributed by atoms with Crippen LogP contribution in [0.2, 0.25) is 0 Å². The molecule has 6 rings (SSSR count). The lowest BCUT2D eigenvalue weighted by molar-refractivity contribution is 0.113. The highest BCUT2D eigenvalue weighted by Crippen LogP contribution is 2.41. The number of urea groups is 2. The van der Waals surface area contributed by atoms with Gasteiger partial charge in [0.1, 0.15) is 0 Å². The van der Waals surface area contributed by atoms with E-state index in [-0.39, 0.29) is 49.2 Å². The number of carbonyl (C=O) groups is 2. The minimum absolute atomic E-state index is 0.0936. The van der Waals surface area contributed by atoms with Crippen molar-refractivity contribution >= 4 is 12.1 Å². The van der Waals surface area contributed by atoms with Gasteiger partial charge in [-0.05, 0) is 70.8 Å². The molecule has 14 heteroatoms. The minimum Gasteiger partial charge on any atom is -0.504 e. The molecular formula is C32H30N4O10. The van der Waals surface area contributed by atoms with E-state index >= 15 is 0 Å². The van der Waals surface area contributed by atoms with E-state index in [1.54, 1.807) is 0 Å². The van der Waals surface area contributed by atoms with Gasteiger partial charge in [-0.25, -0.2) is 9.59 Å². The molecule has 0 bridgehead atoms. The standard InChI is InChI=1S/C32H30N4O10/c37-21-5-1-17(9-25(21)41)13-33-29-30(35(31(33)45)15-19-3-7-23(39)27(43)11-19)36(16-20-4-8-24(40)28(44)12-20)32(46)34(29)14-18-2-6-22(38)26(42)10-18/h1-12,29-30,37-44H,13-16H2. The Morgan fingerprint density at radius 2 is 0.587 bits per heavy atom. The molecule has 0 aliphatic carbocycles. The van der Waals surface area contributed by atoms with Crippen LogP contribution in [0.3, 0.4) is 0 Å². The fourth-order valence-electron chi connectivity index (χ4n) is 5.86. The number of rotatable bonds is 8. The molecule has 4 aromatic carbocycles. The van der Waals surface area contributed by atoms with Crippen molar-refractivity contribution in [2.45, 2.75) is 38.5 Å². The lowest BCUT2D eigenvalue weighted by atomic mass is 10.1. The SMILES string of the molecule is O=C1N(Cc2ccc(O)c(O)c2)C2C(N1Cc1ccc(O)c(O)c1)N(Cc1ccc(O)c(O)c1)C(=O)N2Cc1ccc(O)c(O)c1. The van der Waals surface area contributed by atoms with Gasteiger partial charge in [0.2, 0.25) is 0 Å². The summed E-state index contributed by atoms with van der Waals surface area (Å²) in [4.78, 5) is 34.2. The molecule has 8 N–H and O–H groups in total. The zero-order valence-corrected chi connectivity index (χ0v) is 24.1. The van der Waals surface area contributed by atoms with Crippen molar-refractivity contribution in [2.24, 2.45) is 0 Å². The van der Waals surface area contributed by atoms with Crippen LogP contribution in [-0.4, -0.2) is 84.8 Å². The van der Waals surface area contributed by atoms with Gasteiger partial charge >= 0.3 is 12.1 Å². The van der Waals surface area contributed by atoms with Crippen LogP contribution in [0.15, 0.2) is 72.8 Å². The molecule has 0 saturated carbocycles. The smallest absolute Gasteiger partial charge is 0.324 e. The van der Waals surface area contributed by atoms with Crippen molar-refractivity contribution in [1.82, 2.24) is 19.6 Å². The van der Waals surface area contributed by atoms with Crippen molar-refractivity contribution in [3.63, 3.8) is 0 Å². The van der Waals surface area contributed by atoms with E-state index in [1.165, 1.54) is 92.4 Å². The molecule has 2 aliphatic rings. The van der Waals surface area contributed by atoms with E-state index in [9.17, 15) is 50.4 Å². The Kier molecular flexibility index (Phi) is 7.40. The van der Waals surface area contributed by atoms with E-state index in [2.05, 4.69) is 0 Å². The van der Waals surface area contributed by atoms with Gasteiger partial charge in [0, 0.05) is 26.2 Å². The molecule has 0 aromatic heterocycles. The first-order chi connectivity index (χ1) is 21.9. The van der Waals surface area contributed by atoms with Crippen LogP contribution >= 0.6 is 0 Å². The molecule has 14 nitrogen and oxygen atoms in total. The molecular weight excluding hydrogens is 600 g/mol. The first-order valence-corrected chi connectivity index (χ1v) is 14.1. The maximum Gasteiger partial charge on any atom is 0.324 e. The number of benzene rings is 4. The van der Waals surface area contributed by atoms with Crippen LogP contribution in [-0.2, 0) is 26.2 Å². The van der Waals surface area contributed by atoms with Gasteiger partial charge < -0.3 is 40.9 Å². The molecule has 4 aromatic rings. The predicted octanol–water partition coefficient (Wildman–Crippen LogP) is 3.56. The Bertz CT molecular complexity index is 1590. The van der Waals surface area contributed by atoms with E-state index in [0.717, 1.165) is 0 Å². The van der Waals surface area contributed by atoms with Gasteiger partial charge in [-0.1, -0.05) is 24.3 Å². The van der Waals surface area contributed by atoms with Crippen molar-refractivity contribution in [3.05, 3.63) is 95.1 Å². The molecule has 2 aliphatic heterocycles. The number of fused-ring (bicyclic) bond motifs is 1. The third-order valence-corrected chi connectivity index (χ3v) is 8.10. The van der Waals surface area contributed by atoms with Crippen LogP contribution in [0.25, 0.3) is 0 Å². The first-order valence-electron chi connectivity index (χ1n) is 14.1. The maximum absolute atomic E-state index is 14.2.